The highest BCUT2D eigenvalue weighted by Gasteiger charge is 2.87. The van der Waals surface area contributed by atoms with Crippen LogP contribution in [0.2, 0.25) is 0 Å². The van der Waals surface area contributed by atoms with E-state index < -0.39 is 47.4 Å². The van der Waals surface area contributed by atoms with Crippen molar-refractivity contribution in [3.8, 4) is 0 Å². The molecule has 0 saturated heterocycles. The number of ketones is 1. The quantitative estimate of drug-likeness (QED) is 0.607. The van der Waals surface area contributed by atoms with Crippen molar-refractivity contribution in [1.82, 2.24) is 0 Å². The first-order valence-electron chi connectivity index (χ1n) is 4.90. The summed E-state index contributed by atoms with van der Waals surface area (Å²) in [4.78, 5) is 10.4. The zero-order valence-electron chi connectivity index (χ0n) is 10.2. The predicted octanol–water partition coefficient (Wildman–Crippen LogP) is 3.52. The smallest absolute Gasteiger partial charge is 0.397 e. The first-order chi connectivity index (χ1) is 9.34. The Bertz CT molecular complexity index is 476. The Morgan fingerprint density at radius 3 is 1.41 bits per heavy atom. The van der Waals surface area contributed by atoms with E-state index in [0.717, 1.165) is 0 Å². The Hall–Kier alpha value is -1.56. The lowest BCUT2D eigenvalue weighted by atomic mass is 9.96. The third-order valence-electron chi connectivity index (χ3n) is 2.26. The number of allylic oxidation sites excluding steroid dienone is 2. The molecule has 130 valence electrons. The standard InChI is InChI=1S/C9H6F11NO/c1-3(22)2-4(21)5(10,11)6(12,13)7(14,15)8(16,17)9(18,19)20/h2H,21H2,1H3/b4-2-. The number of halogens is 11. The Balaban J connectivity index is 6.17. The first-order valence-corrected chi connectivity index (χ1v) is 4.90. The van der Waals surface area contributed by atoms with Crippen LogP contribution in [0.5, 0.6) is 0 Å². The van der Waals surface area contributed by atoms with Gasteiger partial charge in [-0.25, -0.2) is 0 Å². The normalized spacial score (nSPS) is 15.9. The molecule has 0 rings (SSSR count). The molecular formula is C9H6F11NO. The minimum atomic E-state index is -7.54. The Labute approximate surface area is 114 Å². The Morgan fingerprint density at radius 2 is 1.14 bits per heavy atom. The molecule has 0 aliphatic carbocycles. The molecule has 0 atom stereocenters. The lowest BCUT2D eigenvalue weighted by Crippen LogP contribution is -2.67. The topological polar surface area (TPSA) is 43.1 Å². The molecule has 0 aromatic rings. The van der Waals surface area contributed by atoms with Gasteiger partial charge in [0.15, 0.2) is 5.78 Å². The zero-order chi connectivity index (χ0) is 18.4. The van der Waals surface area contributed by atoms with Crippen molar-refractivity contribution in [2.45, 2.75) is 36.8 Å². The maximum Gasteiger partial charge on any atom is 0.460 e. The van der Waals surface area contributed by atoms with E-state index in [9.17, 15) is 53.1 Å². The van der Waals surface area contributed by atoms with Crippen LogP contribution in [-0.2, 0) is 4.79 Å². The molecule has 0 fully saturated rings. The number of nitrogens with two attached hydrogens (primary N) is 1. The molecule has 13 heteroatoms. The summed E-state index contributed by atoms with van der Waals surface area (Å²) in [5.74, 6) is -30.1. The summed E-state index contributed by atoms with van der Waals surface area (Å²) in [5, 5.41) is 0. The molecule has 0 aliphatic rings. The van der Waals surface area contributed by atoms with E-state index in [4.69, 9.17) is 0 Å². The lowest BCUT2D eigenvalue weighted by molar-refractivity contribution is -0.418. The van der Waals surface area contributed by atoms with Gasteiger partial charge in [-0.05, 0) is 6.92 Å². The van der Waals surface area contributed by atoms with E-state index in [0.29, 0.717) is 6.92 Å². The largest absolute Gasteiger partial charge is 0.460 e. The van der Waals surface area contributed by atoms with Crippen LogP contribution in [0.25, 0.3) is 0 Å². The third-order valence-corrected chi connectivity index (χ3v) is 2.26. The molecule has 0 aromatic carbocycles. The fraction of sp³-hybridized carbons (Fsp3) is 0.667. The van der Waals surface area contributed by atoms with E-state index in [2.05, 4.69) is 5.73 Å². The van der Waals surface area contributed by atoms with Crippen LogP contribution in [0.15, 0.2) is 11.8 Å². The Kier molecular flexibility index (Phi) is 4.89. The molecule has 0 radical (unpaired) electrons. The molecule has 0 aliphatic heterocycles. The van der Waals surface area contributed by atoms with Crippen molar-refractivity contribution in [3.05, 3.63) is 11.8 Å². The van der Waals surface area contributed by atoms with Gasteiger partial charge in [-0.3, -0.25) is 4.79 Å². The molecule has 0 bridgehead atoms. The maximum atomic E-state index is 13.1. The Morgan fingerprint density at radius 1 is 0.773 bits per heavy atom. The van der Waals surface area contributed by atoms with Gasteiger partial charge >= 0.3 is 29.9 Å². The third kappa shape index (κ3) is 2.84. The summed E-state index contributed by atoms with van der Waals surface area (Å²) < 4.78 is 138. The summed E-state index contributed by atoms with van der Waals surface area (Å²) in [7, 11) is 0. The van der Waals surface area contributed by atoms with Crippen molar-refractivity contribution < 1.29 is 53.1 Å². The molecule has 0 spiro atoms. The molecule has 0 heterocycles. The van der Waals surface area contributed by atoms with E-state index >= 15 is 0 Å². The summed E-state index contributed by atoms with van der Waals surface area (Å²) in [6.07, 6.45) is -7.75. The second-order valence-corrected chi connectivity index (χ2v) is 4.01. The summed E-state index contributed by atoms with van der Waals surface area (Å²) in [6.45, 7) is 0.462. The molecule has 2 nitrogen and oxygen atoms in total. The van der Waals surface area contributed by atoms with Gasteiger partial charge in [-0.1, -0.05) is 0 Å². The van der Waals surface area contributed by atoms with Crippen LogP contribution in [0.3, 0.4) is 0 Å². The van der Waals surface area contributed by atoms with Crippen molar-refractivity contribution in [1.29, 1.82) is 0 Å². The van der Waals surface area contributed by atoms with Crippen molar-refractivity contribution in [3.63, 3.8) is 0 Å². The van der Waals surface area contributed by atoms with Gasteiger partial charge < -0.3 is 5.73 Å². The summed E-state index contributed by atoms with van der Waals surface area (Å²) >= 11 is 0. The van der Waals surface area contributed by atoms with Crippen molar-refractivity contribution in [2.24, 2.45) is 5.73 Å². The van der Waals surface area contributed by atoms with Gasteiger partial charge in [0.05, 0.1) is 5.70 Å². The molecule has 0 amide bonds. The zero-order valence-corrected chi connectivity index (χ0v) is 10.2. The van der Waals surface area contributed by atoms with Gasteiger partial charge in [0, 0.05) is 6.08 Å². The summed E-state index contributed by atoms with van der Waals surface area (Å²) in [6, 6.07) is 0. The van der Waals surface area contributed by atoms with Crippen LogP contribution in [0.1, 0.15) is 6.92 Å². The van der Waals surface area contributed by atoms with Gasteiger partial charge in [0.25, 0.3) is 0 Å². The van der Waals surface area contributed by atoms with Gasteiger partial charge in [0.2, 0.25) is 0 Å². The second kappa shape index (κ2) is 5.26. The number of alkyl halides is 11. The van der Waals surface area contributed by atoms with E-state index in [-0.39, 0.29) is 0 Å². The highest BCUT2D eigenvalue weighted by molar-refractivity contribution is 5.88. The average molecular weight is 353 g/mol. The molecule has 0 aromatic heterocycles. The van der Waals surface area contributed by atoms with Crippen LogP contribution in [-0.4, -0.2) is 35.6 Å². The number of hydrogen-bond acceptors (Lipinski definition) is 2. The van der Waals surface area contributed by atoms with E-state index in [1.54, 1.807) is 0 Å². The lowest BCUT2D eigenvalue weighted by Gasteiger charge is -2.37. The fourth-order valence-electron chi connectivity index (χ4n) is 1.06. The van der Waals surface area contributed by atoms with Crippen LogP contribution >= 0.6 is 0 Å². The van der Waals surface area contributed by atoms with Gasteiger partial charge in [0.1, 0.15) is 0 Å². The van der Waals surface area contributed by atoms with Gasteiger partial charge in [-0.2, -0.15) is 48.3 Å². The van der Waals surface area contributed by atoms with Crippen LogP contribution in [0, 0.1) is 0 Å². The van der Waals surface area contributed by atoms with Crippen molar-refractivity contribution >= 4 is 5.78 Å². The number of carbonyl (C=O) groups excluding carboxylic acids is 1. The van der Waals surface area contributed by atoms with E-state index in [1.807, 2.05) is 0 Å². The minimum Gasteiger partial charge on any atom is -0.397 e. The number of rotatable bonds is 5. The molecule has 0 unspecified atom stereocenters. The predicted molar refractivity (Wildman–Crippen MR) is 48.8 cm³/mol. The summed E-state index contributed by atoms with van der Waals surface area (Å²) in [5.41, 5.74) is 1.64. The maximum absolute atomic E-state index is 13.1. The molecule has 0 saturated carbocycles. The molecule has 2 N–H and O–H groups in total. The minimum absolute atomic E-state index is 0.462. The number of carbonyl (C=O) groups is 1. The number of hydrogen-bond donors (Lipinski definition) is 1. The SMILES string of the molecule is CC(=O)/C=C(\N)C(F)(F)C(F)(F)C(F)(F)C(F)(F)C(F)(F)F. The average Bonchev–Trinajstić information content (AvgIpc) is 2.25. The second-order valence-electron chi connectivity index (χ2n) is 4.01. The highest BCUT2D eigenvalue weighted by Crippen LogP contribution is 2.58. The monoisotopic (exact) mass is 353 g/mol. The molecular weight excluding hydrogens is 347 g/mol. The van der Waals surface area contributed by atoms with E-state index in [1.165, 1.54) is 0 Å². The molecule has 22 heavy (non-hydrogen) atoms. The van der Waals surface area contributed by atoms with Crippen LogP contribution < -0.4 is 5.73 Å². The fourth-order valence-corrected chi connectivity index (χ4v) is 1.06. The van der Waals surface area contributed by atoms with Crippen LogP contribution in [0.4, 0.5) is 48.3 Å². The highest BCUT2D eigenvalue weighted by atomic mass is 19.4. The van der Waals surface area contributed by atoms with Gasteiger partial charge in [-0.15, -0.1) is 0 Å². The first kappa shape index (κ1) is 20.4. The van der Waals surface area contributed by atoms with Crippen molar-refractivity contribution in [2.75, 3.05) is 0 Å².